The Labute approximate surface area is 131 Å². The van der Waals surface area contributed by atoms with Crippen LogP contribution in [-0.4, -0.2) is 6.36 Å². The van der Waals surface area contributed by atoms with Crippen LogP contribution in [-0.2, 0) is 6.18 Å². The summed E-state index contributed by atoms with van der Waals surface area (Å²) in [7, 11) is 0. The van der Waals surface area contributed by atoms with Gasteiger partial charge >= 0.3 is 12.5 Å². The molecular formula is C15H10F7NO. The normalized spacial score (nSPS) is 13.7. The Morgan fingerprint density at radius 2 is 1.46 bits per heavy atom. The number of alkyl halides is 6. The fraction of sp³-hybridized carbons (Fsp3) is 0.200. The molecule has 0 amide bonds. The molecule has 1 atom stereocenters. The summed E-state index contributed by atoms with van der Waals surface area (Å²) in [4.78, 5) is 0. The third-order valence-corrected chi connectivity index (χ3v) is 3.13. The van der Waals surface area contributed by atoms with Crippen LogP contribution in [0.3, 0.4) is 0 Å². The molecule has 0 aromatic heterocycles. The van der Waals surface area contributed by atoms with Crippen LogP contribution in [0.4, 0.5) is 30.7 Å². The van der Waals surface area contributed by atoms with Crippen molar-refractivity contribution in [3.8, 4) is 5.75 Å². The van der Waals surface area contributed by atoms with E-state index in [1.807, 2.05) is 0 Å². The van der Waals surface area contributed by atoms with Crippen molar-refractivity contribution in [3.05, 3.63) is 65.0 Å². The Hall–Kier alpha value is -2.29. The van der Waals surface area contributed by atoms with Gasteiger partial charge in [-0.3, -0.25) is 0 Å². The van der Waals surface area contributed by atoms with E-state index in [-0.39, 0.29) is 5.56 Å². The van der Waals surface area contributed by atoms with Crippen molar-refractivity contribution in [3.63, 3.8) is 0 Å². The molecule has 0 heterocycles. The SMILES string of the molecule is N[C@@H](c1ccc(OC(F)(F)F)cc1)c1cc(F)ccc1C(F)(F)F. The Morgan fingerprint density at radius 3 is 1.96 bits per heavy atom. The zero-order valence-electron chi connectivity index (χ0n) is 11.8. The third kappa shape index (κ3) is 4.38. The number of benzene rings is 2. The summed E-state index contributed by atoms with van der Waals surface area (Å²) >= 11 is 0. The maximum Gasteiger partial charge on any atom is 0.573 e. The first-order valence-electron chi connectivity index (χ1n) is 6.45. The molecule has 2 N–H and O–H groups in total. The predicted molar refractivity (Wildman–Crippen MR) is 70.6 cm³/mol. The van der Waals surface area contributed by atoms with E-state index >= 15 is 0 Å². The highest BCUT2D eigenvalue weighted by Crippen LogP contribution is 2.36. The molecule has 0 spiro atoms. The molecule has 0 bridgehead atoms. The Balaban J connectivity index is 2.35. The molecule has 2 aromatic rings. The first kappa shape index (κ1) is 18.1. The monoisotopic (exact) mass is 353 g/mol. The van der Waals surface area contributed by atoms with E-state index in [9.17, 15) is 30.7 Å². The summed E-state index contributed by atoms with van der Waals surface area (Å²) in [6, 6.07) is 4.47. The average Bonchev–Trinajstić information content (AvgIpc) is 2.44. The highest BCUT2D eigenvalue weighted by molar-refractivity contribution is 5.40. The largest absolute Gasteiger partial charge is 0.573 e. The van der Waals surface area contributed by atoms with Crippen LogP contribution in [0.5, 0.6) is 5.75 Å². The maximum atomic E-state index is 13.3. The molecule has 0 radical (unpaired) electrons. The average molecular weight is 353 g/mol. The van der Waals surface area contributed by atoms with Gasteiger partial charge in [-0.1, -0.05) is 12.1 Å². The minimum atomic E-state index is -4.89. The smallest absolute Gasteiger partial charge is 0.406 e. The summed E-state index contributed by atoms with van der Waals surface area (Å²) in [5.74, 6) is -1.46. The van der Waals surface area contributed by atoms with E-state index in [1.165, 1.54) is 0 Å². The van der Waals surface area contributed by atoms with E-state index in [2.05, 4.69) is 4.74 Å². The van der Waals surface area contributed by atoms with Gasteiger partial charge < -0.3 is 10.5 Å². The summed E-state index contributed by atoms with van der Waals surface area (Å²) in [6.45, 7) is 0. The second-order valence-electron chi connectivity index (χ2n) is 4.82. The van der Waals surface area contributed by atoms with Gasteiger partial charge in [-0.15, -0.1) is 13.2 Å². The van der Waals surface area contributed by atoms with Gasteiger partial charge in [-0.05, 0) is 41.5 Å². The van der Waals surface area contributed by atoms with Crippen molar-refractivity contribution in [2.24, 2.45) is 5.73 Å². The van der Waals surface area contributed by atoms with Crippen molar-refractivity contribution in [1.82, 2.24) is 0 Å². The lowest BCUT2D eigenvalue weighted by Crippen LogP contribution is -2.19. The van der Waals surface area contributed by atoms with Crippen LogP contribution < -0.4 is 10.5 Å². The van der Waals surface area contributed by atoms with Crippen LogP contribution in [0.2, 0.25) is 0 Å². The molecule has 2 nitrogen and oxygen atoms in total. The van der Waals surface area contributed by atoms with E-state index < -0.39 is 41.3 Å². The first-order chi connectivity index (χ1) is 11.0. The third-order valence-electron chi connectivity index (χ3n) is 3.13. The van der Waals surface area contributed by atoms with E-state index in [0.29, 0.717) is 18.2 Å². The van der Waals surface area contributed by atoms with Crippen molar-refractivity contribution < 1.29 is 35.5 Å². The Kier molecular flexibility index (Phi) is 4.75. The van der Waals surface area contributed by atoms with Crippen LogP contribution in [0.25, 0.3) is 0 Å². The standard InChI is InChI=1S/C15H10F7NO/c16-9-3-6-12(14(17,18)19)11(7-9)13(23)8-1-4-10(5-2-8)24-15(20,21)22/h1-7,13H,23H2/t13-/m0/s1. The van der Waals surface area contributed by atoms with Gasteiger partial charge in [0.15, 0.2) is 0 Å². The second kappa shape index (κ2) is 6.31. The van der Waals surface area contributed by atoms with Gasteiger partial charge in [-0.25, -0.2) is 4.39 Å². The van der Waals surface area contributed by atoms with Gasteiger partial charge in [0.05, 0.1) is 11.6 Å². The summed E-state index contributed by atoms with van der Waals surface area (Å²) in [6.07, 6.45) is -9.64. The number of hydrogen-bond acceptors (Lipinski definition) is 2. The lowest BCUT2D eigenvalue weighted by molar-refractivity contribution is -0.274. The van der Waals surface area contributed by atoms with Crippen molar-refractivity contribution >= 4 is 0 Å². The number of ether oxygens (including phenoxy) is 1. The van der Waals surface area contributed by atoms with Crippen LogP contribution in [0.15, 0.2) is 42.5 Å². The van der Waals surface area contributed by atoms with Gasteiger partial charge in [-0.2, -0.15) is 13.2 Å². The van der Waals surface area contributed by atoms with Crippen LogP contribution >= 0.6 is 0 Å². The quantitative estimate of drug-likeness (QED) is 0.805. The highest BCUT2D eigenvalue weighted by atomic mass is 19.4. The van der Waals surface area contributed by atoms with Gasteiger partial charge in [0, 0.05) is 0 Å². The summed E-state index contributed by atoms with van der Waals surface area (Å²) in [5, 5.41) is 0. The minimum absolute atomic E-state index is 0.0700. The number of rotatable bonds is 3. The van der Waals surface area contributed by atoms with Crippen molar-refractivity contribution in [1.29, 1.82) is 0 Å². The van der Waals surface area contributed by atoms with E-state index in [1.54, 1.807) is 0 Å². The van der Waals surface area contributed by atoms with Crippen LogP contribution in [0, 0.1) is 5.82 Å². The Morgan fingerprint density at radius 1 is 0.875 bits per heavy atom. The molecule has 130 valence electrons. The molecule has 2 aromatic carbocycles. The fourth-order valence-electron chi connectivity index (χ4n) is 2.11. The molecule has 24 heavy (non-hydrogen) atoms. The zero-order valence-corrected chi connectivity index (χ0v) is 11.8. The zero-order chi connectivity index (χ0) is 18.1. The predicted octanol–water partition coefficient (Wildman–Crippen LogP) is 4.79. The molecule has 0 saturated heterocycles. The summed E-state index contributed by atoms with van der Waals surface area (Å²) < 4.78 is 92.1. The van der Waals surface area contributed by atoms with E-state index in [4.69, 9.17) is 5.73 Å². The Bertz CT molecular complexity index is 707. The minimum Gasteiger partial charge on any atom is -0.406 e. The number of halogens is 7. The molecule has 0 saturated carbocycles. The number of hydrogen-bond donors (Lipinski definition) is 1. The summed E-state index contributed by atoms with van der Waals surface area (Å²) in [5.41, 5.74) is 4.16. The lowest BCUT2D eigenvalue weighted by atomic mass is 9.94. The molecule has 0 aliphatic rings. The second-order valence-corrected chi connectivity index (χ2v) is 4.82. The molecule has 2 rings (SSSR count). The van der Waals surface area contributed by atoms with Gasteiger partial charge in [0.2, 0.25) is 0 Å². The van der Waals surface area contributed by atoms with Gasteiger partial charge in [0.1, 0.15) is 11.6 Å². The van der Waals surface area contributed by atoms with Crippen molar-refractivity contribution in [2.45, 2.75) is 18.6 Å². The van der Waals surface area contributed by atoms with Crippen LogP contribution in [0.1, 0.15) is 22.7 Å². The van der Waals surface area contributed by atoms with Crippen molar-refractivity contribution in [2.75, 3.05) is 0 Å². The molecule has 9 heteroatoms. The molecule has 0 unspecified atom stereocenters. The topological polar surface area (TPSA) is 35.2 Å². The fourth-order valence-corrected chi connectivity index (χ4v) is 2.11. The molecular weight excluding hydrogens is 343 g/mol. The van der Waals surface area contributed by atoms with Gasteiger partial charge in [0.25, 0.3) is 0 Å². The number of nitrogens with two attached hydrogens (primary N) is 1. The molecule has 0 aliphatic carbocycles. The first-order valence-corrected chi connectivity index (χ1v) is 6.45. The molecule has 0 fully saturated rings. The lowest BCUT2D eigenvalue weighted by Gasteiger charge is -2.19. The van der Waals surface area contributed by atoms with E-state index in [0.717, 1.165) is 24.3 Å². The maximum absolute atomic E-state index is 13.3. The molecule has 0 aliphatic heterocycles. The highest BCUT2D eigenvalue weighted by Gasteiger charge is 2.35.